The molecule has 15 heavy (non-hydrogen) atoms. The summed E-state index contributed by atoms with van der Waals surface area (Å²) in [5.41, 5.74) is 5.41. The first kappa shape index (κ1) is 12.0. The lowest BCUT2D eigenvalue weighted by Gasteiger charge is -2.32. The molecule has 1 unspecified atom stereocenters. The van der Waals surface area contributed by atoms with Crippen LogP contribution in [-0.4, -0.2) is 41.5 Å². The summed E-state index contributed by atoms with van der Waals surface area (Å²) in [6.45, 7) is 3.07. The number of carboxylic acids is 1. The number of nitrogens with zero attached hydrogens (tertiary/aromatic N) is 1. The van der Waals surface area contributed by atoms with Gasteiger partial charge in [0.25, 0.3) is 0 Å². The van der Waals surface area contributed by atoms with Gasteiger partial charge in [0.1, 0.15) is 0 Å². The normalized spacial score (nSPS) is 23.6. The third-order valence-corrected chi connectivity index (χ3v) is 2.86. The number of amides is 1. The molecule has 1 amide bonds. The molecule has 0 saturated carbocycles. The third-order valence-electron chi connectivity index (χ3n) is 2.86. The molecule has 1 aliphatic rings. The summed E-state index contributed by atoms with van der Waals surface area (Å²) in [6.07, 6.45) is 1.43. The Labute approximate surface area is 89.2 Å². The van der Waals surface area contributed by atoms with Gasteiger partial charge in [-0.05, 0) is 12.8 Å². The lowest BCUT2D eigenvalue weighted by atomic mass is 9.97. The van der Waals surface area contributed by atoms with Crippen molar-refractivity contribution in [1.29, 1.82) is 0 Å². The smallest absolute Gasteiger partial charge is 0.308 e. The molecule has 1 fully saturated rings. The summed E-state index contributed by atoms with van der Waals surface area (Å²) in [5, 5.41) is 8.87. The van der Waals surface area contributed by atoms with E-state index in [1.165, 1.54) is 0 Å². The van der Waals surface area contributed by atoms with Crippen molar-refractivity contribution in [1.82, 2.24) is 4.90 Å². The van der Waals surface area contributed by atoms with Gasteiger partial charge in [-0.25, -0.2) is 0 Å². The van der Waals surface area contributed by atoms with Crippen molar-refractivity contribution in [3.63, 3.8) is 0 Å². The maximum absolute atomic E-state index is 11.8. The number of piperidine rings is 1. The number of hydrogen-bond donors (Lipinski definition) is 2. The van der Waals surface area contributed by atoms with Crippen LogP contribution in [0.3, 0.4) is 0 Å². The van der Waals surface area contributed by atoms with E-state index in [1.54, 1.807) is 11.8 Å². The molecule has 5 nitrogen and oxygen atoms in total. The molecule has 1 heterocycles. The molecule has 0 aliphatic carbocycles. The van der Waals surface area contributed by atoms with Crippen LogP contribution in [0.15, 0.2) is 0 Å². The van der Waals surface area contributed by atoms with Gasteiger partial charge in [0.05, 0.1) is 5.92 Å². The number of nitrogens with two attached hydrogens (primary N) is 1. The van der Waals surface area contributed by atoms with Crippen molar-refractivity contribution >= 4 is 11.9 Å². The number of carbonyl (C=O) groups is 2. The first-order valence-corrected chi connectivity index (χ1v) is 5.28. The average Bonchev–Trinajstić information content (AvgIpc) is 2.27. The predicted molar refractivity (Wildman–Crippen MR) is 55.2 cm³/mol. The highest BCUT2D eigenvalue weighted by Gasteiger charge is 2.29. The molecular weight excluding hydrogens is 196 g/mol. The summed E-state index contributed by atoms with van der Waals surface area (Å²) < 4.78 is 0. The molecule has 5 heteroatoms. The third kappa shape index (κ3) is 2.92. The van der Waals surface area contributed by atoms with E-state index in [9.17, 15) is 9.59 Å². The number of aliphatic carboxylic acids is 1. The second-order valence-corrected chi connectivity index (χ2v) is 4.10. The predicted octanol–water partition coefficient (Wildman–Crippen LogP) is -0.0956. The minimum atomic E-state index is -0.812. The van der Waals surface area contributed by atoms with E-state index in [4.69, 9.17) is 10.8 Å². The van der Waals surface area contributed by atoms with Gasteiger partial charge in [-0.15, -0.1) is 0 Å². The Morgan fingerprint density at radius 3 is 2.80 bits per heavy atom. The second kappa shape index (κ2) is 5.11. The Morgan fingerprint density at radius 2 is 2.27 bits per heavy atom. The minimum absolute atomic E-state index is 0.0246. The zero-order chi connectivity index (χ0) is 11.4. The van der Waals surface area contributed by atoms with Crippen LogP contribution >= 0.6 is 0 Å². The van der Waals surface area contributed by atoms with Gasteiger partial charge >= 0.3 is 5.97 Å². The topological polar surface area (TPSA) is 83.6 Å². The molecule has 0 spiro atoms. The summed E-state index contributed by atoms with van der Waals surface area (Å²) >= 11 is 0. The van der Waals surface area contributed by atoms with Gasteiger partial charge in [0.15, 0.2) is 0 Å². The molecule has 0 aromatic carbocycles. The van der Waals surface area contributed by atoms with Crippen LogP contribution in [0.25, 0.3) is 0 Å². The molecule has 86 valence electrons. The molecule has 0 radical (unpaired) electrons. The Morgan fingerprint density at radius 1 is 1.60 bits per heavy atom. The highest BCUT2D eigenvalue weighted by Crippen LogP contribution is 2.18. The molecule has 0 bridgehead atoms. The standard InChI is InChI=1S/C10H18N2O3/c1-7(5-11)9(13)12-4-2-3-8(6-12)10(14)15/h7-8H,2-6,11H2,1H3,(H,14,15)/t7?,8-/m1/s1. The van der Waals surface area contributed by atoms with Crippen LogP contribution in [0.4, 0.5) is 0 Å². The number of carbonyl (C=O) groups excluding carboxylic acids is 1. The van der Waals surface area contributed by atoms with Crippen molar-refractivity contribution < 1.29 is 14.7 Å². The molecule has 1 saturated heterocycles. The van der Waals surface area contributed by atoms with Crippen molar-refractivity contribution in [2.24, 2.45) is 17.6 Å². The lowest BCUT2D eigenvalue weighted by Crippen LogP contribution is -2.45. The van der Waals surface area contributed by atoms with E-state index in [0.717, 1.165) is 6.42 Å². The van der Waals surface area contributed by atoms with E-state index in [2.05, 4.69) is 0 Å². The van der Waals surface area contributed by atoms with Crippen LogP contribution in [0.5, 0.6) is 0 Å². The molecule has 1 aliphatic heterocycles. The Kier molecular flexibility index (Phi) is 4.08. The monoisotopic (exact) mass is 214 g/mol. The largest absolute Gasteiger partial charge is 0.481 e. The number of likely N-dealkylation sites (tertiary alicyclic amines) is 1. The maximum Gasteiger partial charge on any atom is 0.308 e. The summed E-state index contributed by atoms with van der Waals surface area (Å²) in [4.78, 5) is 24.2. The van der Waals surface area contributed by atoms with Crippen molar-refractivity contribution in [3.05, 3.63) is 0 Å². The van der Waals surface area contributed by atoms with Gasteiger partial charge in [0, 0.05) is 25.6 Å². The van der Waals surface area contributed by atoms with Gasteiger partial charge in [-0.1, -0.05) is 6.92 Å². The van der Waals surface area contributed by atoms with Crippen LogP contribution in [0, 0.1) is 11.8 Å². The van der Waals surface area contributed by atoms with Crippen LogP contribution in [0.2, 0.25) is 0 Å². The highest BCUT2D eigenvalue weighted by atomic mass is 16.4. The first-order chi connectivity index (χ1) is 7.06. The second-order valence-electron chi connectivity index (χ2n) is 4.10. The molecule has 1 rings (SSSR count). The van der Waals surface area contributed by atoms with Gasteiger partial charge in [0.2, 0.25) is 5.91 Å². The Balaban J connectivity index is 2.56. The molecule has 0 aromatic heterocycles. The van der Waals surface area contributed by atoms with Gasteiger partial charge < -0.3 is 15.7 Å². The van der Waals surface area contributed by atoms with E-state index in [-0.39, 0.29) is 11.8 Å². The van der Waals surface area contributed by atoms with E-state index in [1.807, 2.05) is 0 Å². The fourth-order valence-corrected chi connectivity index (χ4v) is 1.79. The average molecular weight is 214 g/mol. The molecule has 0 aromatic rings. The van der Waals surface area contributed by atoms with Gasteiger partial charge in [-0.2, -0.15) is 0 Å². The Bertz CT molecular complexity index is 255. The molecule has 2 atom stereocenters. The van der Waals surface area contributed by atoms with Gasteiger partial charge in [-0.3, -0.25) is 9.59 Å². The van der Waals surface area contributed by atoms with Crippen molar-refractivity contribution in [2.75, 3.05) is 19.6 Å². The Hall–Kier alpha value is -1.10. The van der Waals surface area contributed by atoms with Crippen molar-refractivity contribution in [2.45, 2.75) is 19.8 Å². The summed E-state index contributed by atoms with van der Waals surface area (Å²) in [7, 11) is 0. The fraction of sp³-hybridized carbons (Fsp3) is 0.800. The first-order valence-electron chi connectivity index (χ1n) is 5.28. The van der Waals surface area contributed by atoms with Crippen LogP contribution in [0.1, 0.15) is 19.8 Å². The number of carboxylic acid groups (broad SMARTS) is 1. The molecule has 3 N–H and O–H groups in total. The fourth-order valence-electron chi connectivity index (χ4n) is 1.79. The van der Waals surface area contributed by atoms with E-state index < -0.39 is 11.9 Å². The minimum Gasteiger partial charge on any atom is -0.481 e. The SMILES string of the molecule is CC(CN)C(=O)N1CCC[C@@H](C(=O)O)C1. The van der Waals surface area contributed by atoms with Crippen molar-refractivity contribution in [3.8, 4) is 0 Å². The maximum atomic E-state index is 11.8. The molecular formula is C10H18N2O3. The number of rotatable bonds is 3. The van der Waals surface area contributed by atoms with E-state index in [0.29, 0.717) is 26.1 Å². The lowest BCUT2D eigenvalue weighted by molar-refractivity contribution is -0.146. The zero-order valence-corrected chi connectivity index (χ0v) is 8.98. The van der Waals surface area contributed by atoms with Crippen LogP contribution in [-0.2, 0) is 9.59 Å². The van der Waals surface area contributed by atoms with E-state index >= 15 is 0 Å². The zero-order valence-electron chi connectivity index (χ0n) is 8.98. The summed E-state index contributed by atoms with van der Waals surface area (Å²) in [5.74, 6) is -1.46. The summed E-state index contributed by atoms with van der Waals surface area (Å²) in [6, 6.07) is 0. The highest BCUT2D eigenvalue weighted by molar-refractivity contribution is 5.80. The van der Waals surface area contributed by atoms with Crippen LogP contribution < -0.4 is 5.73 Å². The number of hydrogen-bond acceptors (Lipinski definition) is 3. The quantitative estimate of drug-likeness (QED) is 0.687.